The molecule has 0 spiro atoms. The molecule has 5 rings (SSSR count). The SMILES string of the molecule is Cc1ccc(C2=CCC(c3ccc4c(c3)C=CC4C3CCCCC3)=C2)cc1. The fourth-order valence-corrected chi connectivity index (χ4v) is 5.11. The van der Waals surface area contributed by atoms with E-state index in [0.29, 0.717) is 5.92 Å². The molecule has 0 aromatic heterocycles. The van der Waals surface area contributed by atoms with Gasteiger partial charge in [-0.15, -0.1) is 0 Å². The number of hydrogen-bond donors (Lipinski definition) is 0. The highest BCUT2D eigenvalue weighted by Gasteiger charge is 2.27. The first-order valence-electron chi connectivity index (χ1n) is 10.6. The lowest BCUT2D eigenvalue weighted by Crippen LogP contribution is -2.13. The van der Waals surface area contributed by atoms with E-state index in [1.807, 2.05) is 0 Å². The molecular formula is C27H28. The lowest BCUT2D eigenvalue weighted by molar-refractivity contribution is 0.334. The summed E-state index contributed by atoms with van der Waals surface area (Å²) in [7, 11) is 0. The number of allylic oxidation sites excluding steroid dienone is 5. The molecule has 0 heterocycles. The Morgan fingerprint density at radius 1 is 0.852 bits per heavy atom. The van der Waals surface area contributed by atoms with Gasteiger partial charge in [0.2, 0.25) is 0 Å². The monoisotopic (exact) mass is 352 g/mol. The van der Waals surface area contributed by atoms with Crippen LogP contribution in [0.3, 0.4) is 0 Å². The first-order chi connectivity index (χ1) is 13.3. The predicted octanol–water partition coefficient (Wildman–Crippen LogP) is 7.56. The Balaban J connectivity index is 1.38. The fourth-order valence-electron chi connectivity index (χ4n) is 5.11. The van der Waals surface area contributed by atoms with E-state index in [-0.39, 0.29) is 0 Å². The van der Waals surface area contributed by atoms with Crippen molar-refractivity contribution in [2.24, 2.45) is 5.92 Å². The Morgan fingerprint density at radius 2 is 1.63 bits per heavy atom. The quantitative estimate of drug-likeness (QED) is 0.535. The minimum absolute atomic E-state index is 0.660. The summed E-state index contributed by atoms with van der Waals surface area (Å²) in [5.74, 6) is 1.52. The van der Waals surface area contributed by atoms with Crippen LogP contribution in [0.1, 0.15) is 72.3 Å². The topological polar surface area (TPSA) is 0 Å². The molecular weight excluding hydrogens is 324 g/mol. The van der Waals surface area contributed by atoms with E-state index in [2.05, 4.69) is 73.7 Å². The molecule has 1 unspecified atom stereocenters. The van der Waals surface area contributed by atoms with Crippen molar-refractivity contribution in [3.8, 4) is 0 Å². The van der Waals surface area contributed by atoms with E-state index in [0.717, 1.165) is 12.3 Å². The van der Waals surface area contributed by atoms with Crippen molar-refractivity contribution in [3.63, 3.8) is 0 Å². The van der Waals surface area contributed by atoms with Crippen molar-refractivity contribution in [1.29, 1.82) is 0 Å². The maximum atomic E-state index is 2.48. The smallest absolute Gasteiger partial charge is 0.00555 e. The van der Waals surface area contributed by atoms with Crippen molar-refractivity contribution in [2.75, 3.05) is 0 Å². The highest BCUT2D eigenvalue weighted by atomic mass is 14.3. The van der Waals surface area contributed by atoms with E-state index in [1.165, 1.54) is 65.5 Å². The van der Waals surface area contributed by atoms with Crippen LogP contribution in [-0.2, 0) is 0 Å². The molecule has 0 radical (unpaired) electrons. The summed E-state index contributed by atoms with van der Waals surface area (Å²) < 4.78 is 0. The second-order valence-corrected chi connectivity index (χ2v) is 8.53. The second-order valence-electron chi connectivity index (χ2n) is 8.53. The number of rotatable bonds is 3. The van der Waals surface area contributed by atoms with Crippen molar-refractivity contribution in [3.05, 3.63) is 88.5 Å². The number of aryl methyl sites for hydroxylation is 1. The van der Waals surface area contributed by atoms with Gasteiger partial charge in [-0.1, -0.05) is 85.5 Å². The Labute approximate surface area is 163 Å². The minimum Gasteiger partial charge on any atom is -0.0761 e. The summed E-state index contributed by atoms with van der Waals surface area (Å²) in [6.07, 6.45) is 17.7. The molecule has 0 heteroatoms. The first kappa shape index (κ1) is 16.8. The van der Waals surface area contributed by atoms with Crippen molar-refractivity contribution < 1.29 is 0 Å². The molecule has 2 aromatic carbocycles. The lowest BCUT2D eigenvalue weighted by atomic mass is 9.77. The zero-order chi connectivity index (χ0) is 18.2. The van der Waals surface area contributed by atoms with Crippen LogP contribution in [0.25, 0.3) is 17.2 Å². The Kier molecular flexibility index (Phi) is 4.36. The van der Waals surface area contributed by atoms with Crippen LogP contribution in [0.2, 0.25) is 0 Å². The van der Waals surface area contributed by atoms with Crippen LogP contribution >= 0.6 is 0 Å². The van der Waals surface area contributed by atoms with Gasteiger partial charge in [0.1, 0.15) is 0 Å². The van der Waals surface area contributed by atoms with Gasteiger partial charge in [0.25, 0.3) is 0 Å². The van der Waals surface area contributed by atoms with Crippen LogP contribution in [-0.4, -0.2) is 0 Å². The van der Waals surface area contributed by atoms with E-state index in [9.17, 15) is 0 Å². The maximum Gasteiger partial charge on any atom is 0.00555 e. The van der Waals surface area contributed by atoms with Crippen LogP contribution in [0.4, 0.5) is 0 Å². The molecule has 27 heavy (non-hydrogen) atoms. The molecule has 0 saturated heterocycles. The predicted molar refractivity (Wildman–Crippen MR) is 117 cm³/mol. The van der Waals surface area contributed by atoms with E-state index in [4.69, 9.17) is 0 Å². The summed E-state index contributed by atoms with van der Waals surface area (Å²) in [5, 5.41) is 0. The molecule has 3 aliphatic carbocycles. The minimum atomic E-state index is 0.660. The van der Waals surface area contributed by atoms with Gasteiger partial charge in [-0.05, 0) is 71.6 Å². The van der Waals surface area contributed by atoms with E-state index >= 15 is 0 Å². The van der Waals surface area contributed by atoms with Crippen LogP contribution in [0, 0.1) is 12.8 Å². The molecule has 1 saturated carbocycles. The van der Waals surface area contributed by atoms with Gasteiger partial charge >= 0.3 is 0 Å². The van der Waals surface area contributed by atoms with Crippen LogP contribution < -0.4 is 0 Å². The van der Waals surface area contributed by atoms with Crippen LogP contribution in [0.5, 0.6) is 0 Å². The van der Waals surface area contributed by atoms with Gasteiger partial charge in [0.15, 0.2) is 0 Å². The van der Waals surface area contributed by atoms with Gasteiger partial charge in [-0.3, -0.25) is 0 Å². The van der Waals surface area contributed by atoms with E-state index < -0.39 is 0 Å². The van der Waals surface area contributed by atoms with Crippen molar-refractivity contribution in [1.82, 2.24) is 0 Å². The molecule has 0 bridgehead atoms. The summed E-state index contributed by atoms with van der Waals surface area (Å²) in [6.45, 7) is 2.15. The third-order valence-electron chi connectivity index (χ3n) is 6.71. The van der Waals surface area contributed by atoms with Gasteiger partial charge in [-0.25, -0.2) is 0 Å². The van der Waals surface area contributed by atoms with Crippen molar-refractivity contribution in [2.45, 2.75) is 51.4 Å². The van der Waals surface area contributed by atoms with Gasteiger partial charge < -0.3 is 0 Å². The molecule has 136 valence electrons. The average Bonchev–Trinajstić information content (AvgIpc) is 3.36. The normalized spacial score (nSPS) is 21.9. The molecule has 1 atom stereocenters. The Bertz CT molecular complexity index is 931. The summed E-state index contributed by atoms with van der Waals surface area (Å²) in [5.41, 5.74) is 9.86. The number of fused-ring (bicyclic) bond motifs is 1. The molecule has 3 aliphatic rings. The summed E-state index contributed by atoms with van der Waals surface area (Å²) in [4.78, 5) is 0. The summed E-state index contributed by atoms with van der Waals surface area (Å²) >= 11 is 0. The summed E-state index contributed by atoms with van der Waals surface area (Å²) in [6, 6.07) is 16.1. The maximum absolute atomic E-state index is 2.48. The molecule has 2 aromatic rings. The zero-order valence-electron chi connectivity index (χ0n) is 16.2. The molecule has 1 fully saturated rings. The third kappa shape index (κ3) is 3.23. The molecule has 0 amide bonds. The number of benzene rings is 2. The highest BCUT2D eigenvalue weighted by molar-refractivity contribution is 5.90. The fraction of sp³-hybridized carbons (Fsp3) is 0.333. The first-order valence-corrected chi connectivity index (χ1v) is 10.6. The molecule has 0 nitrogen and oxygen atoms in total. The molecule has 0 aliphatic heterocycles. The highest BCUT2D eigenvalue weighted by Crippen LogP contribution is 2.43. The van der Waals surface area contributed by atoms with Gasteiger partial charge in [-0.2, -0.15) is 0 Å². The standard InChI is InChI=1S/C27H28/c1-19-7-9-20(10-8-19)22-11-12-23(17-22)24-13-15-27-25(18-24)14-16-26(27)21-5-3-2-4-6-21/h7-11,13-18,21,26H,2-6,12H2,1H3. The molecule has 0 N–H and O–H groups in total. The van der Waals surface area contributed by atoms with Gasteiger partial charge in [0, 0.05) is 5.92 Å². The zero-order valence-corrected chi connectivity index (χ0v) is 16.2. The van der Waals surface area contributed by atoms with E-state index in [1.54, 1.807) is 5.56 Å². The Morgan fingerprint density at radius 3 is 2.44 bits per heavy atom. The average molecular weight is 353 g/mol. The van der Waals surface area contributed by atoms with Crippen molar-refractivity contribution >= 4 is 17.2 Å². The Hall–Kier alpha value is -2.34. The largest absolute Gasteiger partial charge is 0.0761 e. The third-order valence-corrected chi connectivity index (χ3v) is 6.71. The second kappa shape index (κ2) is 7.00. The number of hydrogen-bond acceptors (Lipinski definition) is 0. The van der Waals surface area contributed by atoms with Gasteiger partial charge in [0.05, 0.1) is 0 Å². The lowest BCUT2D eigenvalue weighted by Gasteiger charge is -2.27. The van der Waals surface area contributed by atoms with Crippen LogP contribution in [0.15, 0.2) is 60.7 Å².